The number of hydrogen-bond donors (Lipinski definition) is 2. The first-order chi connectivity index (χ1) is 20.9. The number of likely N-dealkylation sites (tertiary alicyclic amines) is 1. The van der Waals surface area contributed by atoms with Crippen LogP contribution in [0.15, 0.2) is 82.3 Å². The Bertz CT molecular complexity index is 2030. The van der Waals surface area contributed by atoms with Gasteiger partial charge >= 0.3 is 5.63 Å². The van der Waals surface area contributed by atoms with E-state index in [4.69, 9.17) is 15.2 Å². The molecule has 1 aliphatic heterocycles. The van der Waals surface area contributed by atoms with Crippen molar-refractivity contribution in [2.75, 3.05) is 18.8 Å². The van der Waals surface area contributed by atoms with Crippen LogP contribution in [0.4, 0.5) is 10.2 Å². The third-order valence-corrected chi connectivity index (χ3v) is 8.13. The molecule has 1 aliphatic rings. The fraction of sp³-hybridized carbons (Fsp3) is 0.212. The predicted molar refractivity (Wildman–Crippen MR) is 170 cm³/mol. The van der Waals surface area contributed by atoms with Gasteiger partial charge in [-0.3, -0.25) is 4.90 Å². The molecule has 3 aromatic carbocycles. The highest BCUT2D eigenvalue weighted by molar-refractivity contribution is 5.99. The Kier molecular flexibility index (Phi) is 7.79. The van der Waals surface area contributed by atoms with Crippen LogP contribution in [0.2, 0.25) is 0 Å². The molecule has 3 N–H and O–H groups in total. The van der Waals surface area contributed by atoms with E-state index < -0.39 is 17.5 Å². The van der Waals surface area contributed by atoms with E-state index in [0.29, 0.717) is 33.4 Å². The molecule has 0 radical (unpaired) electrons. The lowest BCUT2D eigenvalue weighted by Gasteiger charge is -2.19. The van der Waals surface area contributed by atoms with E-state index in [0.717, 1.165) is 42.2 Å². The van der Waals surface area contributed by atoms with E-state index in [1.54, 1.807) is 10.7 Å². The first kappa shape index (κ1) is 29.3. The van der Waals surface area contributed by atoms with Gasteiger partial charge in [0, 0.05) is 29.1 Å². The Morgan fingerprint density at radius 2 is 1.73 bits per heavy atom. The zero-order valence-corrected chi connectivity index (χ0v) is 24.7. The van der Waals surface area contributed by atoms with Crippen LogP contribution in [-0.4, -0.2) is 42.8 Å². The summed E-state index contributed by atoms with van der Waals surface area (Å²) < 4.78 is 22.0. The molecule has 44 heavy (non-hydrogen) atoms. The minimum Gasteiger partial charge on any atom is -0.508 e. The van der Waals surface area contributed by atoms with Crippen molar-refractivity contribution in [2.45, 2.75) is 32.4 Å². The molecule has 224 valence electrons. The summed E-state index contributed by atoms with van der Waals surface area (Å²) in [7, 11) is 0. The van der Waals surface area contributed by atoms with E-state index in [9.17, 15) is 14.3 Å². The summed E-state index contributed by atoms with van der Waals surface area (Å²) in [5.74, 6) is -0.337. The number of nitrogens with two attached hydrogens (primary N) is 1. The van der Waals surface area contributed by atoms with Gasteiger partial charge in [0.1, 0.15) is 41.2 Å². The molecule has 4 heterocycles. The van der Waals surface area contributed by atoms with Gasteiger partial charge < -0.3 is 15.3 Å². The summed E-state index contributed by atoms with van der Waals surface area (Å²) in [6.07, 6.45) is 3.79. The third-order valence-electron chi connectivity index (χ3n) is 8.13. The normalized spacial score (nSPS) is 14.2. The van der Waals surface area contributed by atoms with Crippen LogP contribution in [-0.2, 0) is 6.54 Å². The average Bonchev–Trinajstić information content (AvgIpc) is 3.66. The fourth-order valence-electron chi connectivity index (χ4n) is 6.07. The molecular weight excluding hydrogens is 583 g/mol. The number of aromatic nitrogens is 4. The van der Waals surface area contributed by atoms with Crippen molar-refractivity contribution in [3.05, 3.63) is 101 Å². The quantitative estimate of drug-likeness (QED) is 0.224. The Hall–Kier alpha value is -4.80. The van der Waals surface area contributed by atoms with Gasteiger partial charge in [-0.25, -0.2) is 23.8 Å². The number of aromatic hydroxyl groups is 1. The number of hydrogen-bond acceptors (Lipinski definition) is 8. The van der Waals surface area contributed by atoms with Gasteiger partial charge in [0.25, 0.3) is 0 Å². The molecule has 0 aliphatic carbocycles. The van der Waals surface area contributed by atoms with Crippen LogP contribution in [0.3, 0.4) is 0 Å². The Balaban J connectivity index is 0.00000343. The number of phenols is 1. The van der Waals surface area contributed by atoms with Crippen LogP contribution in [0.1, 0.15) is 37.1 Å². The molecule has 11 heteroatoms. The van der Waals surface area contributed by atoms with Crippen LogP contribution in [0.5, 0.6) is 5.75 Å². The van der Waals surface area contributed by atoms with E-state index in [-0.39, 0.29) is 24.0 Å². The number of anilines is 1. The molecule has 1 saturated heterocycles. The minimum absolute atomic E-state index is 0. The largest absolute Gasteiger partial charge is 0.508 e. The second-order valence-corrected chi connectivity index (χ2v) is 11.0. The minimum atomic E-state index is -0.635. The number of phenolic OH excluding ortho intramolecular Hbond substituents is 1. The second-order valence-electron chi connectivity index (χ2n) is 11.0. The number of rotatable bonds is 6. The van der Waals surface area contributed by atoms with Crippen LogP contribution in [0.25, 0.3) is 44.2 Å². The predicted octanol–water partition coefficient (Wildman–Crippen LogP) is 6.32. The molecule has 6 aromatic rings. The molecule has 1 atom stereocenters. The maximum absolute atomic E-state index is 14.3. The van der Waals surface area contributed by atoms with E-state index >= 15 is 0 Å². The number of fused-ring (bicyclic) bond motifs is 2. The molecule has 1 fully saturated rings. The summed E-state index contributed by atoms with van der Waals surface area (Å²) in [4.78, 5) is 24.3. The lowest BCUT2D eigenvalue weighted by molar-refractivity contribution is 0.331. The van der Waals surface area contributed by atoms with Crippen LogP contribution < -0.4 is 11.4 Å². The first-order valence-electron chi connectivity index (χ1n) is 14.2. The molecule has 0 bridgehead atoms. The van der Waals surface area contributed by atoms with Crippen molar-refractivity contribution in [3.63, 3.8) is 0 Å². The van der Waals surface area contributed by atoms with Gasteiger partial charge in [-0.15, -0.1) is 12.4 Å². The van der Waals surface area contributed by atoms with Crippen molar-refractivity contribution in [1.82, 2.24) is 24.6 Å². The van der Waals surface area contributed by atoms with Gasteiger partial charge in [-0.05, 0) is 62.2 Å². The summed E-state index contributed by atoms with van der Waals surface area (Å²) in [6, 6.07) is 18.8. The Morgan fingerprint density at radius 1 is 1.00 bits per heavy atom. The van der Waals surface area contributed by atoms with Gasteiger partial charge in [0.15, 0.2) is 5.65 Å². The number of halogens is 2. The van der Waals surface area contributed by atoms with Crippen molar-refractivity contribution >= 4 is 40.0 Å². The topological polar surface area (TPSA) is 123 Å². The van der Waals surface area contributed by atoms with Gasteiger partial charge in [-0.2, -0.15) is 5.10 Å². The van der Waals surface area contributed by atoms with E-state index in [1.165, 1.54) is 36.9 Å². The first-order valence-corrected chi connectivity index (χ1v) is 14.2. The highest BCUT2D eigenvalue weighted by Gasteiger charge is 2.27. The molecular formula is C33H30ClFN6O3. The third kappa shape index (κ3) is 5.16. The molecule has 0 amide bonds. The number of nitrogens with zero attached hydrogens (tertiary/aromatic N) is 5. The Morgan fingerprint density at radius 3 is 2.45 bits per heavy atom. The highest BCUT2D eigenvalue weighted by Crippen LogP contribution is 2.39. The molecule has 9 nitrogen and oxygen atoms in total. The molecule has 7 rings (SSSR count). The molecule has 1 unspecified atom stereocenters. The lowest BCUT2D eigenvalue weighted by Crippen LogP contribution is -2.18. The number of nitrogen functional groups attached to an aromatic ring is 1. The van der Waals surface area contributed by atoms with Crippen molar-refractivity contribution in [1.29, 1.82) is 0 Å². The SMILES string of the molecule is CC(c1oc(=O)c2ccccc2c1-c1ccc(CN2CCCC2)cc1)n1nc(-c2cc(O)cc(F)c2)c2c(N)ncnc21.Cl. The van der Waals surface area contributed by atoms with E-state index in [2.05, 4.69) is 39.1 Å². The van der Waals surface area contributed by atoms with Crippen molar-refractivity contribution in [2.24, 2.45) is 0 Å². The molecule has 3 aromatic heterocycles. The molecule has 0 saturated carbocycles. The van der Waals surface area contributed by atoms with Crippen LogP contribution >= 0.6 is 12.4 Å². The van der Waals surface area contributed by atoms with Crippen LogP contribution in [0, 0.1) is 5.82 Å². The standard InChI is InChI=1S/C33H29FN6O3.ClH/c1-19(40-32-28(31(35)36-18-37-32)29(38-40)22-14-23(34)16-24(41)15-22)30-27(25-6-2-3-7-26(25)33(42)43-30)21-10-8-20(9-11-21)17-39-12-4-5-13-39;/h2-3,6-11,14-16,18-19,41H,4-5,12-13,17H2,1H3,(H2,35,36,37);1H. The summed E-state index contributed by atoms with van der Waals surface area (Å²) in [5.41, 5.74) is 9.68. The summed E-state index contributed by atoms with van der Waals surface area (Å²) in [6.45, 7) is 4.98. The van der Waals surface area contributed by atoms with E-state index in [1.807, 2.05) is 25.1 Å². The monoisotopic (exact) mass is 612 g/mol. The van der Waals surface area contributed by atoms with Gasteiger partial charge in [0.2, 0.25) is 0 Å². The maximum atomic E-state index is 14.3. The Labute approximate surface area is 258 Å². The fourth-order valence-corrected chi connectivity index (χ4v) is 6.07. The molecule has 0 spiro atoms. The summed E-state index contributed by atoms with van der Waals surface area (Å²) in [5, 5.41) is 16.5. The lowest BCUT2D eigenvalue weighted by atomic mass is 9.95. The second kappa shape index (κ2) is 11.7. The van der Waals surface area contributed by atoms with Crippen molar-refractivity contribution in [3.8, 4) is 28.1 Å². The van der Waals surface area contributed by atoms with Gasteiger partial charge in [-0.1, -0.05) is 42.5 Å². The van der Waals surface area contributed by atoms with Gasteiger partial charge in [0.05, 0.1) is 10.8 Å². The average molecular weight is 613 g/mol. The highest BCUT2D eigenvalue weighted by atomic mass is 35.5. The summed E-state index contributed by atoms with van der Waals surface area (Å²) >= 11 is 0. The maximum Gasteiger partial charge on any atom is 0.343 e. The smallest absolute Gasteiger partial charge is 0.343 e. The zero-order valence-electron chi connectivity index (χ0n) is 23.9. The number of benzene rings is 3. The zero-order chi connectivity index (χ0) is 29.7. The van der Waals surface area contributed by atoms with Crippen molar-refractivity contribution < 1.29 is 13.9 Å².